The topological polar surface area (TPSA) is 79.8 Å². The first-order valence-electron chi connectivity index (χ1n) is 8.70. The molecule has 0 bridgehead atoms. The Labute approximate surface area is 167 Å². The normalized spacial score (nSPS) is 11.5. The first-order chi connectivity index (χ1) is 13.6. The average Bonchev–Trinajstić information content (AvgIpc) is 3.21. The van der Waals surface area contributed by atoms with Gasteiger partial charge in [0, 0.05) is 9.75 Å². The molecule has 3 aromatic rings. The van der Waals surface area contributed by atoms with Gasteiger partial charge in [0.15, 0.2) is 11.5 Å². The first kappa shape index (κ1) is 19.7. The molecule has 0 saturated heterocycles. The van der Waals surface area contributed by atoms with E-state index >= 15 is 0 Å². The molecule has 0 radical (unpaired) electrons. The summed E-state index contributed by atoms with van der Waals surface area (Å²) < 4.78 is 10.5. The average molecular weight is 398 g/mol. The van der Waals surface area contributed by atoms with Crippen molar-refractivity contribution >= 4 is 23.1 Å². The molecule has 146 valence electrons. The van der Waals surface area contributed by atoms with Crippen molar-refractivity contribution in [3.05, 3.63) is 76.0 Å². The Hall–Kier alpha value is -3.03. The third-order valence-electron chi connectivity index (χ3n) is 4.14. The summed E-state index contributed by atoms with van der Waals surface area (Å²) in [6.45, 7) is 0.351. The van der Waals surface area contributed by atoms with E-state index in [-0.39, 0.29) is 6.03 Å². The van der Waals surface area contributed by atoms with Gasteiger partial charge in [-0.15, -0.1) is 11.3 Å². The van der Waals surface area contributed by atoms with Crippen LogP contribution in [0.15, 0.2) is 60.7 Å². The van der Waals surface area contributed by atoms with E-state index in [0.717, 1.165) is 15.3 Å². The molecule has 0 fully saturated rings. The van der Waals surface area contributed by atoms with Gasteiger partial charge in [-0.05, 0) is 29.8 Å². The van der Waals surface area contributed by atoms with Crippen molar-refractivity contribution in [2.24, 2.45) is 0 Å². The van der Waals surface area contributed by atoms with Gasteiger partial charge in [-0.25, -0.2) is 4.79 Å². The van der Waals surface area contributed by atoms with Gasteiger partial charge >= 0.3 is 6.03 Å². The van der Waals surface area contributed by atoms with Gasteiger partial charge in [0.25, 0.3) is 0 Å². The second-order valence-electron chi connectivity index (χ2n) is 5.97. The molecule has 6 nitrogen and oxygen atoms in total. The quantitative estimate of drug-likeness (QED) is 0.558. The van der Waals surface area contributed by atoms with E-state index in [1.807, 2.05) is 42.5 Å². The fourth-order valence-corrected chi connectivity index (χ4v) is 3.72. The zero-order valence-corrected chi connectivity index (χ0v) is 16.5. The standard InChI is InChI=1S/C21H22N2O4S/c1-26-17-10-6-9-16(20(17)27-2)23-21(25)22-13-15-11-12-18(28-15)19(24)14-7-4-3-5-8-14/h3-12,19,24H,13H2,1-2H3,(H2,22,23,25). The highest BCUT2D eigenvalue weighted by Gasteiger charge is 2.14. The van der Waals surface area contributed by atoms with Crippen LogP contribution in [-0.4, -0.2) is 25.4 Å². The van der Waals surface area contributed by atoms with Crippen molar-refractivity contribution in [3.8, 4) is 11.5 Å². The lowest BCUT2D eigenvalue weighted by Crippen LogP contribution is -2.28. The lowest BCUT2D eigenvalue weighted by molar-refractivity contribution is 0.224. The van der Waals surface area contributed by atoms with Crippen LogP contribution in [0.25, 0.3) is 0 Å². The number of nitrogens with one attached hydrogen (secondary N) is 2. The Kier molecular flexibility index (Phi) is 6.52. The van der Waals surface area contributed by atoms with Crippen LogP contribution in [0.4, 0.5) is 10.5 Å². The molecule has 1 heterocycles. The smallest absolute Gasteiger partial charge is 0.319 e. The number of ether oxygens (including phenoxy) is 2. The summed E-state index contributed by atoms with van der Waals surface area (Å²) >= 11 is 1.46. The number of urea groups is 1. The van der Waals surface area contributed by atoms with Gasteiger partial charge in [0.2, 0.25) is 0 Å². The third-order valence-corrected chi connectivity index (χ3v) is 5.28. The Balaban J connectivity index is 1.59. The predicted octanol–water partition coefficient (Wildman–Crippen LogP) is 4.17. The second kappa shape index (κ2) is 9.25. The lowest BCUT2D eigenvalue weighted by atomic mass is 10.1. The highest BCUT2D eigenvalue weighted by atomic mass is 32.1. The molecular weight excluding hydrogens is 376 g/mol. The van der Waals surface area contributed by atoms with E-state index in [2.05, 4.69) is 10.6 Å². The number of methoxy groups -OCH3 is 2. The minimum atomic E-state index is -0.671. The van der Waals surface area contributed by atoms with Gasteiger partial charge in [-0.1, -0.05) is 36.4 Å². The van der Waals surface area contributed by atoms with Gasteiger partial charge in [0.05, 0.1) is 26.5 Å². The monoisotopic (exact) mass is 398 g/mol. The van der Waals surface area contributed by atoms with Crippen LogP contribution in [0.1, 0.15) is 21.4 Å². The molecule has 0 saturated carbocycles. The van der Waals surface area contributed by atoms with Crippen LogP contribution < -0.4 is 20.1 Å². The minimum Gasteiger partial charge on any atom is -0.493 e. The number of para-hydroxylation sites is 1. The molecule has 0 aliphatic carbocycles. The number of anilines is 1. The Morgan fingerprint density at radius 1 is 1.04 bits per heavy atom. The van der Waals surface area contributed by atoms with E-state index in [9.17, 15) is 9.90 Å². The molecule has 1 atom stereocenters. The minimum absolute atomic E-state index is 0.351. The fraction of sp³-hybridized carbons (Fsp3) is 0.190. The van der Waals surface area contributed by atoms with Crippen molar-refractivity contribution in [1.29, 1.82) is 0 Å². The second-order valence-corrected chi connectivity index (χ2v) is 7.17. The van der Waals surface area contributed by atoms with Gasteiger partial charge in [-0.3, -0.25) is 0 Å². The molecule has 7 heteroatoms. The maximum absolute atomic E-state index is 12.3. The number of amides is 2. The highest BCUT2D eigenvalue weighted by Crippen LogP contribution is 2.34. The van der Waals surface area contributed by atoms with Gasteiger partial charge in [-0.2, -0.15) is 0 Å². The summed E-state index contributed by atoms with van der Waals surface area (Å²) in [5.41, 5.74) is 1.36. The Morgan fingerprint density at radius 2 is 1.82 bits per heavy atom. The van der Waals surface area contributed by atoms with Crippen LogP contribution in [-0.2, 0) is 6.54 Å². The number of hydrogen-bond acceptors (Lipinski definition) is 5. The molecule has 0 aliphatic heterocycles. The van der Waals surface area contributed by atoms with Gasteiger partial charge in [0.1, 0.15) is 6.10 Å². The fourth-order valence-electron chi connectivity index (χ4n) is 2.76. The van der Waals surface area contributed by atoms with E-state index < -0.39 is 6.10 Å². The number of carbonyl (C=O) groups excluding carboxylic acids is 1. The molecule has 0 aliphatic rings. The maximum atomic E-state index is 12.3. The third kappa shape index (κ3) is 4.62. The van der Waals surface area contributed by atoms with Gasteiger partial charge < -0.3 is 25.2 Å². The molecule has 3 rings (SSSR count). The molecule has 2 amide bonds. The van der Waals surface area contributed by atoms with Crippen LogP contribution in [0.3, 0.4) is 0 Å². The number of thiophene rings is 1. The van der Waals surface area contributed by atoms with Crippen molar-refractivity contribution in [1.82, 2.24) is 5.32 Å². The molecule has 2 aromatic carbocycles. The number of aliphatic hydroxyl groups is 1. The Morgan fingerprint density at radius 3 is 2.54 bits per heavy atom. The molecule has 1 unspecified atom stereocenters. The predicted molar refractivity (Wildman–Crippen MR) is 110 cm³/mol. The number of hydrogen-bond donors (Lipinski definition) is 3. The number of aliphatic hydroxyl groups excluding tert-OH is 1. The Bertz CT molecular complexity index is 927. The summed E-state index contributed by atoms with van der Waals surface area (Å²) in [5.74, 6) is 1.00. The van der Waals surface area contributed by atoms with E-state index in [4.69, 9.17) is 9.47 Å². The van der Waals surface area contributed by atoms with Crippen molar-refractivity contribution in [3.63, 3.8) is 0 Å². The maximum Gasteiger partial charge on any atom is 0.319 e. The van der Waals surface area contributed by atoms with Crippen LogP contribution in [0, 0.1) is 0 Å². The van der Waals surface area contributed by atoms with Crippen LogP contribution in [0.5, 0.6) is 11.5 Å². The highest BCUT2D eigenvalue weighted by molar-refractivity contribution is 7.12. The number of rotatable bonds is 7. The summed E-state index contributed by atoms with van der Waals surface area (Å²) in [6.07, 6.45) is -0.671. The molecular formula is C21H22N2O4S. The lowest BCUT2D eigenvalue weighted by Gasteiger charge is -2.13. The summed E-state index contributed by atoms with van der Waals surface area (Å²) in [4.78, 5) is 14.0. The van der Waals surface area contributed by atoms with E-state index in [0.29, 0.717) is 23.7 Å². The molecule has 0 spiro atoms. The zero-order valence-electron chi connectivity index (χ0n) is 15.6. The summed E-state index contributed by atoms with van der Waals surface area (Å²) in [5, 5.41) is 16.0. The molecule has 3 N–H and O–H groups in total. The molecule has 28 heavy (non-hydrogen) atoms. The molecule has 1 aromatic heterocycles. The summed E-state index contributed by atoms with van der Waals surface area (Å²) in [7, 11) is 3.06. The summed E-state index contributed by atoms with van der Waals surface area (Å²) in [6, 6.07) is 18.2. The number of carbonyl (C=O) groups is 1. The first-order valence-corrected chi connectivity index (χ1v) is 9.51. The SMILES string of the molecule is COc1cccc(NC(=O)NCc2ccc(C(O)c3ccccc3)s2)c1OC. The van der Waals surface area contributed by atoms with Crippen molar-refractivity contribution < 1.29 is 19.4 Å². The largest absolute Gasteiger partial charge is 0.493 e. The van der Waals surface area contributed by atoms with E-state index in [1.165, 1.54) is 18.4 Å². The van der Waals surface area contributed by atoms with E-state index in [1.54, 1.807) is 25.3 Å². The zero-order chi connectivity index (χ0) is 19.9. The number of benzene rings is 2. The van der Waals surface area contributed by atoms with Crippen LogP contribution >= 0.6 is 11.3 Å². The van der Waals surface area contributed by atoms with Crippen molar-refractivity contribution in [2.45, 2.75) is 12.6 Å². The van der Waals surface area contributed by atoms with Crippen molar-refractivity contribution in [2.75, 3.05) is 19.5 Å². The van der Waals surface area contributed by atoms with Crippen LogP contribution in [0.2, 0.25) is 0 Å².